The first-order valence-electron chi connectivity index (χ1n) is 14.0. The number of carbonyl (C=O) groups is 1. The average Bonchev–Trinajstić information content (AvgIpc) is 2.84. The van der Waals surface area contributed by atoms with Crippen LogP contribution in [0.2, 0.25) is 0 Å². The van der Waals surface area contributed by atoms with Crippen molar-refractivity contribution < 1.29 is 14.6 Å². The van der Waals surface area contributed by atoms with E-state index in [1.54, 1.807) is 24.3 Å². The first-order chi connectivity index (χ1) is 16.7. The summed E-state index contributed by atoms with van der Waals surface area (Å²) in [4.78, 5) is 11.9. The number of thioether (sulfide) groups is 1. The third-order valence-electron chi connectivity index (χ3n) is 6.08. The van der Waals surface area contributed by atoms with E-state index in [0.29, 0.717) is 6.42 Å². The average molecular weight is 494 g/mol. The van der Waals surface area contributed by atoms with Crippen molar-refractivity contribution in [2.24, 2.45) is 0 Å². The Labute approximate surface area is 214 Å². The molecule has 4 nitrogen and oxygen atoms in total. The number of phenols is 1. The normalized spacial score (nSPS) is 11.0. The highest BCUT2D eigenvalue weighted by molar-refractivity contribution is 7.99. The van der Waals surface area contributed by atoms with Crippen molar-refractivity contribution in [3.8, 4) is 11.5 Å². The summed E-state index contributed by atoms with van der Waals surface area (Å²) in [6, 6.07) is 6.92. The molecule has 0 unspecified atom stereocenters. The SMILES string of the molecule is CCCCCCSCCCCCC(=O)NCCCCCCCCCCCOc1ccc(O)cc1. The van der Waals surface area contributed by atoms with E-state index in [0.717, 1.165) is 38.2 Å². The molecule has 0 aromatic heterocycles. The molecule has 0 fully saturated rings. The molecule has 1 aromatic carbocycles. The third-order valence-corrected chi connectivity index (χ3v) is 7.24. The molecule has 196 valence electrons. The Hall–Kier alpha value is -1.36. The second-order valence-electron chi connectivity index (χ2n) is 9.36. The van der Waals surface area contributed by atoms with Gasteiger partial charge in [0.25, 0.3) is 0 Å². The van der Waals surface area contributed by atoms with Crippen molar-refractivity contribution in [3.05, 3.63) is 24.3 Å². The van der Waals surface area contributed by atoms with Crippen molar-refractivity contribution in [2.45, 2.75) is 116 Å². The van der Waals surface area contributed by atoms with Crippen LogP contribution < -0.4 is 10.1 Å². The summed E-state index contributed by atoms with van der Waals surface area (Å²) in [6.07, 6.45) is 20.7. The maximum absolute atomic E-state index is 11.9. The summed E-state index contributed by atoms with van der Waals surface area (Å²) in [5, 5.41) is 12.3. The molecule has 0 aliphatic rings. The molecule has 2 N–H and O–H groups in total. The summed E-state index contributed by atoms with van der Waals surface area (Å²) in [7, 11) is 0. The lowest BCUT2D eigenvalue weighted by Gasteiger charge is -2.07. The highest BCUT2D eigenvalue weighted by atomic mass is 32.2. The first-order valence-corrected chi connectivity index (χ1v) is 15.1. The molecule has 34 heavy (non-hydrogen) atoms. The second kappa shape index (κ2) is 23.4. The number of amides is 1. The molecule has 1 rings (SSSR count). The van der Waals surface area contributed by atoms with Crippen LogP contribution in [0.15, 0.2) is 24.3 Å². The van der Waals surface area contributed by atoms with Crippen LogP contribution in [0.4, 0.5) is 0 Å². The van der Waals surface area contributed by atoms with Gasteiger partial charge in [0, 0.05) is 13.0 Å². The van der Waals surface area contributed by atoms with E-state index < -0.39 is 0 Å². The fourth-order valence-electron chi connectivity index (χ4n) is 3.91. The Morgan fingerprint density at radius 3 is 1.97 bits per heavy atom. The quantitative estimate of drug-likeness (QED) is 0.142. The van der Waals surface area contributed by atoms with E-state index in [1.165, 1.54) is 95.0 Å². The smallest absolute Gasteiger partial charge is 0.219 e. The van der Waals surface area contributed by atoms with E-state index in [-0.39, 0.29) is 11.7 Å². The maximum Gasteiger partial charge on any atom is 0.219 e. The highest BCUT2D eigenvalue weighted by Crippen LogP contribution is 2.17. The van der Waals surface area contributed by atoms with Crippen molar-refractivity contribution in [1.82, 2.24) is 5.32 Å². The Bertz CT molecular complexity index is 579. The van der Waals surface area contributed by atoms with Crippen molar-refractivity contribution in [3.63, 3.8) is 0 Å². The van der Waals surface area contributed by atoms with Crippen LogP contribution in [0, 0.1) is 0 Å². The monoisotopic (exact) mass is 493 g/mol. The van der Waals surface area contributed by atoms with Crippen LogP contribution >= 0.6 is 11.8 Å². The van der Waals surface area contributed by atoms with E-state index in [4.69, 9.17) is 4.74 Å². The van der Waals surface area contributed by atoms with Crippen LogP contribution in [0.25, 0.3) is 0 Å². The number of nitrogens with one attached hydrogen (secondary N) is 1. The minimum atomic E-state index is 0.238. The van der Waals surface area contributed by atoms with Gasteiger partial charge >= 0.3 is 0 Å². The van der Waals surface area contributed by atoms with Crippen LogP contribution in [0.3, 0.4) is 0 Å². The Morgan fingerprint density at radius 2 is 1.32 bits per heavy atom. The predicted molar refractivity (Wildman–Crippen MR) is 148 cm³/mol. The molecular formula is C29H51NO3S. The summed E-state index contributed by atoms with van der Waals surface area (Å²) >= 11 is 2.08. The lowest BCUT2D eigenvalue weighted by Crippen LogP contribution is -2.23. The zero-order chi connectivity index (χ0) is 24.5. The number of benzene rings is 1. The molecule has 0 saturated carbocycles. The molecule has 0 spiro atoms. The lowest BCUT2D eigenvalue weighted by atomic mass is 10.1. The van der Waals surface area contributed by atoms with Gasteiger partial charge in [0.2, 0.25) is 5.91 Å². The van der Waals surface area contributed by atoms with Crippen molar-refractivity contribution in [2.75, 3.05) is 24.7 Å². The number of hydrogen-bond acceptors (Lipinski definition) is 4. The minimum absolute atomic E-state index is 0.238. The molecule has 1 aromatic rings. The number of aromatic hydroxyl groups is 1. The molecule has 0 aliphatic heterocycles. The zero-order valence-corrected chi connectivity index (χ0v) is 22.6. The van der Waals surface area contributed by atoms with Gasteiger partial charge in [0.1, 0.15) is 11.5 Å². The van der Waals surface area contributed by atoms with Gasteiger partial charge in [-0.1, -0.05) is 77.6 Å². The largest absolute Gasteiger partial charge is 0.508 e. The summed E-state index contributed by atoms with van der Waals surface area (Å²) < 4.78 is 5.67. The predicted octanol–water partition coefficient (Wildman–Crippen LogP) is 8.27. The second-order valence-corrected chi connectivity index (χ2v) is 10.6. The lowest BCUT2D eigenvalue weighted by molar-refractivity contribution is -0.121. The molecule has 0 radical (unpaired) electrons. The fraction of sp³-hybridized carbons (Fsp3) is 0.759. The van der Waals surface area contributed by atoms with Gasteiger partial charge in [0.05, 0.1) is 6.61 Å². The van der Waals surface area contributed by atoms with Crippen LogP contribution in [-0.4, -0.2) is 35.7 Å². The van der Waals surface area contributed by atoms with Crippen molar-refractivity contribution in [1.29, 1.82) is 0 Å². The molecule has 0 atom stereocenters. The Balaban J connectivity index is 1.73. The summed E-state index contributed by atoms with van der Waals surface area (Å²) in [6.45, 7) is 3.84. The van der Waals surface area contributed by atoms with E-state index >= 15 is 0 Å². The summed E-state index contributed by atoms with van der Waals surface area (Å²) in [5.41, 5.74) is 0. The number of hydrogen-bond donors (Lipinski definition) is 2. The van der Waals surface area contributed by atoms with E-state index in [9.17, 15) is 9.90 Å². The first kappa shape index (κ1) is 30.7. The fourth-order valence-corrected chi connectivity index (χ4v) is 4.93. The van der Waals surface area contributed by atoms with Gasteiger partial charge in [-0.05, 0) is 67.9 Å². The number of unbranched alkanes of at least 4 members (excludes halogenated alkanes) is 13. The molecule has 0 heterocycles. The zero-order valence-electron chi connectivity index (χ0n) is 21.8. The van der Waals surface area contributed by atoms with Gasteiger partial charge in [-0.15, -0.1) is 0 Å². The maximum atomic E-state index is 11.9. The van der Waals surface area contributed by atoms with Crippen LogP contribution in [-0.2, 0) is 4.79 Å². The summed E-state index contributed by atoms with van der Waals surface area (Å²) in [5.74, 6) is 3.90. The van der Waals surface area contributed by atoms with E-state index in [2.05, 4.69) is 24.0 Å². The molecule has 1 amide bonds. The minimum Gasteiger partial charge on any atom is -0.508 e. The van der Waals surface area contributed by atoms with E-state index in [1.807, 2.05) is 0 Å². The van der Waals surface area contributed by atoms with Crippen molar-refractivity contribution >= 4 is 17.7 Å². The standard InChI is InChI=1S/C29H51NO3S/c1-2-3-4-16-25-34-26-17-12-13-18-29(32)30-23-14-10-8-6-5-7-9-11-15-24-33-28-21-19-27(31)20-22-28/h19-22,31H,2-18,23-26H2,1H3,(H,30,32). The van der Waals surface area contributed by atoms with Crippen LogP contribution in [0.1, 0.15) is 116 Å². The van der Waals surface area contributed by atoms with Gasteiger partial charge in [-0.3, -0.25) is 4.79 Å². The van der Waals surface area contributed by atoms with Gasteiger partial charge in [-0.2, -0.15) is 11.8 Å². The molecule has 0 aliphatic carbocycles. The van der Waals surface area contributed by atoms with Gasteiger partial charge in [-0.25, -0.2) is 0 Å². The molecule has 0 bridgehead atoms. The Kier molecular flexibility index (Phi) is 21.1. The number of rotatable bonds is 24. The third kappa shape index (κ3) is 20.1. The number of ether oxygens (including phenoxy) is 1. The number of phenolic OH excluding ortho intramolecular Hbond substituents is 1. The van der Waals surface area contributed by atoms with Gasteiger partial charge < -0.3 is 15.2 Å². The highest BCUT2D eigenvalue weighted by Gasteiger charge is 2.01. The topological polar surface area (TPSA) is 58.6 Å². The molecular weight excluding hydrogens is 442 g/mol. The molecule has 0 saturated heterocycles. The number of carbonyl (C=O) groups excluding carboxylic acids is 1. The Morgan fingerprint density at radius 1 is 0.765 bits per heavy atom. The van der Waals surface area contributed by atoms with Crippen LogP contribution in [0.5, 0.6) is 11.5 Å². The van der Waals surface area contributed by atoms with Gasteiger partial charge in [0.15, 0.2) is 0 Å². The molecule has 5 heteroatoms.